The maximum Gasteiger partial charge on any atom is 0.170 e. The van der Waals surface area contributed by atoms with Crippen molar-refractivity contribution in [2.24, 2.45) is 0 Å². The quantitative estimate of drug-likeness (QED) is 0.735. The third kappa shape index (κ3) is 1.68. The molecule has 1 saturated heterocycles. The highest BCUT2D eigenvalue weighted by Crippen LogP contribution is 2.42. The van der Waals surface area contributed by atoms with Gasteiger partial charge in [0.2, 0.25) is 0 Å². The lowest BCUT2D eigenvalue weighted by Crippen LogP contribution is -2.41. The van der Waals surface area contributed by atoms with Gasteiger partial charge in [0.05, 0.1) is 12.0 Å². The summed E-state index contributed by atoms with van der Waals surface area (Å²) >= 11 is 5.28. The van der Waals surface area contributed by atoms with Crippen molar-refractivity contribution in [3.63, 3.8) is 0 Å². The summed E-state index contributed by atoms with van der Waals surface area (Å²) in [6.45, 7) is 0. The fraction of sp³-hybridized carbons (Fsp3) is 0.417. The van der Waals surface area contributed by atoms with Crippen molar-refractivity contribution in [2.75, 3.05) is 11.5 Å². The Kier molecular flexibility index (Phi) is 2.51. The topological polar surface area (TPSA) is 26.3 Å². The van der Waals surface area contributed by atoms with E-state index in [9.17, 15) is 4.79 Å². The molecule has 1 spiro atoms. The molecule has 2 aliphatic heterocycles. The van der Waals surface area contributed by atoms with Gasteiger partial charge in [-0.1, -0.05) is 15.9 Å². The van der Waals surface area contributed by atoms with E-state index in [-0.39, 0.29) is 11.4 Å². The number of hydrogen-bond donors (Lipinski definition) is 0. The van der Waals surface area contributed by atoms with Gasteiger partial charge in [0.15, 0.2) is 5.78 Å². The van der Waals surface area contributed by atoms with Gasteiger partial charge in [0.25, 0.3) is 0 Å². The molecule has 0 bridgehead atoms. The first kappa shape index (κ1) is 10.7. The summed E-state index contributed by atoms with van der Waals surface area (Å²) < 4.78 is 7.02. The van der Waals surface area contributed by atoms with Crippen LogP contribution in [0.15, 0.2) is 22.7 Å². The molecule has 2 heterocycles. The normalized spacial score (nSPS) is 27.9. The van der Waals surface area contributed by atoms with Crippen molar-refractivity contribution < 1.29 is 9.53 Å². The Bertz CT molecular complexity index is 452. The van der Waals surface area contributed by atoms with E-state index in [0.29, 0.717) is 6.42 Å². The van der Waals surface area contributed by atoms with E-state index in [2.05, 4.69) is 15.9 Å². The first-order chi connectivity index (χ1) is 7.69. The minimum atomic E-state index is -0.227. The van der Waals surface area contributed by atoms with Crippen LogP contribution in [0.5, 0.6) is 5.75 Å². The third-order valence-electron chi connectivity index (χ3n) is 3.12. The number of thioether (sulfide) groups is 1. The third-order valence-corrected chi connectivity index (χ3v) is 4.84. The number of rotatable bonds is 0. The largest absolute Gasteiger partial charge is 0.485 e. The fourth-order valence-electron chi connectivity index (χ4n) is 2.28. The van der Waals surface area contributed by atoms with Crippen molar-refractivity contribution in [3.8, 4) is 5.75 Å². The molecular formula is C12H11BrO2S. The Morgan fingerprint density at radius 3 is 3.06 bits per heavy atom. The number of Topliss-reactive ketones (excluding diaryl/α,β-unsaturated/α-hetero) is 1. The molecule has 1 aromatic rings. The molecule has 16 heavy (non-hydrogen) atoms. The summed E-state index contributed by atoms with van der Waals surface area (Å²) in [4.78, 5) is 12.1. The second-order valence-electron chi connectivity index (χ2n) is 4.33. The van der Waals surface area contributed by atoms with Crippen LogP contribution < -0.4 is 4.74 Å². The molecule has 0 saturated carbocycles. The molecule has 3 rings (SSSR count). The molecule has 2 aliphatic rings. The van der Waals surface area contributed by atoms with E-state index in [1.807, 2.05) is 30.0 Å². The molecule has 2 nitrogen and oxygen atoms in total. The number of fused-ring (bicyclic) bond motifs is 1. The minimum Gasteiger partial charge on any atom is -0.485 e. The molecule has 0 N–H and O–H groups in total. The van der Waals surface area contributed by atoms with E-state index >= 15 is 0 Å². The summed E-state index contributed by atoms with van der Waals surface area (Å²) in [6, 6.07) is 5.63. The fourth-order valence-corrected chi connectivity index (χ4v) is 3.95. The van der Waals surface area contributed by atoms with Crippen molar-refractivity contribution in [1.29, 1.82) is 0 Å². The Morgan fingerprint density at radius 2 is 2.31 bits per heavy atom. The van der Waals surface area contributed by atoms with Crippen LogP contribution in [0.4, 0.5) is 0 Å². The van der Waals surface area contributed by atoms with Gasteiger partial charge in [-0.2, -0.15) is 11.8 Å². The van der Waals surface area contributed by atoms with E-state index in [1.54, 1.807) is 0 Å². The van der Waals surface area contributed by atoms with Gasteiger partial charge in [-0.3, -0.25) is 4.79 Å². The zero-order valence-corrected chi connectivity index (χ0v) is 11.1. The molecule has 0 radical (unpaired) electrons. The predicted molar refractivity (Wildman–Crippen MR) is 68.4 cm³/mol. The van der Waals surface area contributed by atoms with Gasteiger partial charge in [-0.25, -0.2) is 0 Å². The maximum absolute atomic E-state index is 12.1. The molecule has 0 amide bonds. The summed E-state index contributed by atoms with van der Waals surface area (Å²) in [5.74, 6) is 2.99. The van der Waals surface area contributed by atoms with Crippen molar-refractivity contribution in [1.82, 2.24) is 0 Å². The molecule has 0 aromatic heterocycles. The summed E-state index contributed by atoms with van der Waals surface area (Å²) in [7, 11) is 0. The zero-order valence-electron chi connectivity index (χ0n) is 8.66. The minimum absolute atomic E-state index is 0.219. The highest BCUT2D eigenvalue weighted by Gasteiger charge is 2.43. The second-order valence-corrected chi connectivity index (χ2v) is 6.35. The first-order valence-electron chi connectivity index (χ1n) is 5.28. The number of benzene rings is 1. The van der Waals surface area contributed by atoms with Crippen molar-refractivity contribution in [2.45, 2.75) is 18.4 Å². The Balaban J connectivity index is 2.03. The molecule has 1 aromatic carbocycles. The van der Waals surface area contributed by atoms with Gasteiger partial charge < -0.3 is 4.74 Å². The molecule has 84 valence electrons. The van der Waals surface area contributed by atoms with E-state index in [0.717, 1.165) is 33.7 Å². The number of hydrogen-bond acceptors (Lipinski definition) is 3. The predicted octanol–water partition coefficient (Wildman–Crippen LogP) is 3.29. The van der Waals surface area contributed by atoms with Gasteiger partial charge in [0, 0.05) is 10.2 Å². The number of halogens is 1. The van der Waals surface area contributed by atoms with Crippen LogP contribution in [0.25, 0.3) is 0 Å². The first-order valence-corrected chi connectivity index (χ1v) is 7.23. The molecule has 4 heteroatoms. The Hall–Kier alpha value is -0.480. The monoisotopic (exact) mass is 298 g/mol. The second kappa shape index (κ2) is 3.77. The van der Waals surface area contributed by atoms with Crippen LogP contribution in [0.2, 0.25) is 0 Å². The molecule has 1 fully saturated rings. The van der Waals surface area contributed by atoms with E-state index in [1.165, 1.54) is 0 Å². The van der Waals surface area contributed by atoms with Gasteiger partial charge in [-0.15, -0.1) is 0 Å². The van der Waals surface area contributed by atoms with Crippen molar-refractivity contribution >= 4 is 33.5 Å². The number of carbonyl (C=O) groups excluding carboxylic acids is 1. The smallest absolute Gasteiger partial charge is 0.170 e. The Morgan fingerprint density at radius 1 is 1.44 bits per heavy atom. The standard InChI is InChI=1S/C12H11BrO2S/c13-8-1-2-9-10(14)6-12(3-4-16-7-12)15-11(9)5-8/h1-2,5H,3-4,6-7H2. The van der Waals surface area contributed by atoms with E-state index in [4.69, 9.17) is 4.74 Å². The summed E-state index contributed by atoms with van der Waals surface area (Å²) in [5, 5.41) is 0. The van der Waals surface area contributed by atoms with Gasteiger partial charge in [0.1, 0.15) is 11.4 Å². The van der Waals surface area contributed by atoms with Crippen LogP contribution >= 0.6 is 27.7 Å². The van der Waals surface area contributed by atoms with Crippen LogP contribution in [0, 0.1) is 0 Å². The molecule has 1 unspecified atom stereocenters. The molecule has 1 atom stereocenters. The van der Waals surface area contributed by atoms with Crippen LogP contribution in [-0.4, -0.2) is 22.9 Å². The molecule has 0 aliphatic carbocycles. The van der Waals surface area contributed by atoms with Gasteiger partial charge >= 0.3 is 0 Å². The zero-order chi connectivity index (χ0) is 11.2. The maximum atomic E-state index is 12.1. The highest BCUT2D eigenvalue weighted by atomic mass is 79.9. The Labute approximate surface area is 107 Å². The summed E-state index contributed by atoms with van der Waals surface area (Å²) in [5.41, 5.74) is 0.501. The average Bonchev–Trinajstić information content (AvgIpc) is 2.65. The van der Waals surface area contributed by atoms with E-state index < -0.39 is 0 Å². The number of ketones is 1. The SMILES string of the molecule is O=C1CC2(CCSC2)Oc2cc(Br)ccc21. The summed E-state index contributed by atoms with van der Waals surface area (Å²) in [6.07, 6.45) is 1.52. The van der Waals surface area contributed by atoms with Crippen molar-refractivity contribution in [3.05, 3.63) is 28.2 Å². The number of ether oxygens (including phenoxy) is 1. The van der Waals surface area contributed by atoms with Gasteiger partial charge in [-0.05, 0) is 30.4 Å². The lowest BCUT2D eigenvalue weighted by Gasteiger charge is -2.34. The van der Waals surface area contributed by atoms with Crippen LogP contribution in [0.3, 0.4) is 0 Å². The number of carbonyl (C=O) groups is 1. The lowest BCUT2D eigenvalue weighted by atomic mass is 9.89. The lowest BCUT2D eigenvalue weighted by molar-refractivity contribution is 0.0563. The molecular weight excluding hydrogens is 288 g/mol. The average molecular weight is 299 g/mol. The van der Waals surface area contributed by atoms with Crippen LogP contribution in [0.1, 0.15) is 23.2 Å². The van der Waals surface area contributed by atoms with Crippen LogP contribution in [-0.2, 0) is 0 Å². The highest BCUT2D eigenvalue weighted by molar-refractivity contribution is 9.10.